The van der Waals surface area contributed by atoms with E-state index in [2.05, 4.69) is 49.5 Å². The third-order valence-electron chi connectivity index (χ3n) is 4.27. The van der Waals surface area contributed by atoms with E-state index in [9.17, 15) is 0 Å². The van der Waals surface area contributed by atoms with E-state index in [-0.39, 0.29) is 0 Å². The smallest absolute Gasteiger partial charge is 0.156 e. The molecular weight excluding hydrogens is 392 g/mol. The number of fused-ring (bicyclic) bond motifs is 1. The highest BCUT2D eigenvalue weighted by atomic mass is 79.9. The summed E-state index contributed by atoms with van der Waals surface area (Å²) in [6.07, 6.45) is 3.68. The zero-order chi connectivity index (χ0) is 18.1. The Morgan fingerprint density at radius 1 is 1.08 bits per heavy atom. The molecule has 2 heterocycles. The summed E-state index contributed by atoms with van der Waals surface area (Å²) in [5, 5.41) is 8.75. The van der Waals surface area contributed by atoms with Gasteiger partial charge in [-0.1, -0.05) is 12.1 Å². The maximum absolute atomic E-state index is 5.47. The van der Waals surface area contributed by atoms with Crippen LogP contribution in [-0.2, 0) is 7.05 Å². The van der Waals surface area contributed by atoms with Crippen LogP contribution in [-0.4, -0.2) is 21.9 Å². The zero-order valence-corrected chi connectivity index (χ0v) is 16.0. The Kier molecular flexibility index (Phi) is 4.34. The van der Waals surface area contributed by atoms with Crippen molar-refractivity contribution in [1.29, 1.82) is 0 Å². The average molecular weight is 409 g/mol. The maximum atomic E-state index is 5.47. The van der Waals surface area contributed by atoms with Crippen molar-refractivity contribution in [2.45, 2.75) is 0 Å². The summed E-state index contributed by atoms with van der Waals surface area (Å²) < 4.78 is 8.23. The summed E-state index contributed by atoms with van der Waals surface area (Å²) in [6.45, 7) is 0. The Balaban J connectivity index is 1.69. The van der Waals surface area contributed by atoms with Gasteiger partial charge in [-0.2, -0.15) is 5.10 Å². The minimum Gasteiger partial charge on any atom is -0.493 e. The standard InChI is InChI=1S/C20H17BrN4O/c1-25-18-7-6-13(10-15(18)12-23-25)14-8-9-22-19(11-14)24-17-5-3-4-16(21)20(17)26-2/h3-12H,1-2H3,(H,22,24). The second-order valence-corrected chi connectivity index (χ2v) is 6.77. The van der Waals surface area contributed by atoms with Crippen LogP contribution in [0.3, 0.4) is 0 Å². The minimum atomic E-state index is 0.747. The van der Waals surface area contributed by atoms with E-state index in [4.69, 9.17) is 4.74 Å². The van der Waals surface area contributed by atoms with Crippen LogP contribution >= 0.6 is 15.9 Å². The quantitative estimate of drug-likeness (QED) is 0.507. The number of hydrogen-bond acceptors (Lipinski definition) is 4. The molecule has 26 heavy (non-hydrogen) atoms. The number of rotatable bonds is 4. The first-order chi connectivity index (χ1) is 12.7. The fraction of sp³-hybridized carbons (Fsp3) is 0.100. The molecule has 0 spiro atoms. The highest BCUT2D eigenvalue weighted by molar-refractivity contribution is 9.10. The van der Waals surface area contributed by atoms with Crippen molar-refractivity contribution >= 4 is 38.3 Å². The monoisotopic (exact) mass is 408 g/mol. The van der Waals surface area contributed by atoms with E-state index < -0.39 is 0 Å². The highest BCUT2D eigenvalue weighted by Crippen LogP contribution is 2.35. The Morgan fingerprint density at radius 2 is 1.92 bits per heavy atom. The van der Waals surface area contributed by atoms with E-state index >= 15 is 0 Å². The first kappa shape index (κ1) is 16.6. The molecule has 0 bridgehead atoms. The number of ether oxygens (including phenoxy) is 1. The van der Waals surface area contributed by atoms with Gasteiger partial charge in [0, 0.05) is 18.6 Å². The van der Waals surface area contributed by atoms with Crippen molar-refractivity contribution in [3.8, 4) is 16.9 Å². The SMILES string of the molecule is COc1c(Br)cccc1Nc1cc(-c2ccc3c(cnn3C)c2)ccn1. The van der Waals surface area contributed by atoms with E-state index in [1.807, 2.05) is 48.3 Å². The molecule has 2 aromatic heterocycles. The predicted octanol–water partition coefficient (Wildman–Crippen LogP) is 5.15. The predicted molar refractivity (Wildman–Crippen MR) is 108 cm³/mol. The Hall–Kier alpha value is -2.86. The number of aromatic nitrogens is 3. The van der Waals surface area contributed by atoms with Gasteiger partial charge in [0.2, 0.25) is 0 Å². The molecule has 0 aliphatic carbocycles. The lowest BCUT2D eigenvalue weighted by Gasteiger charge is -2.12. The molecule has 0 saturated carbocycles. The molecule has 0 radical (unpaired) electrons. The van der Waals surface area contributed by atoms with Crippen LogP contribution in [0.2, 0.25) is 0 Å². The summed E-state index contributed by atoms with van der Waals surface area (Å²) in [7, 11) is 3.60. The first-order valence-corrected chi connectivity index (χ1v) is 8.93. The number of nitrogens with zero attached hydrogens (tertiary/aromatic N) is 3. The summed E-state index contributed by atoms with van der Waals surface area (Å²) >= 11 is 3.50. The molecular formula is C20H17BrN4O. The Morgan fingerprint density at radius 3 is 2.77 bits per heavy atom. The van der Waals surface area contributed by atoms with Crippen LogP contribution in [0.25, 0.3) is 22.0 Å². The van der Waals surface area contributed by atoms with Crippen LogP contribution in [0.5, 0.6) is 5.75 Å². The summed E-state index contributed by atoms with van der Waals surface area (Å²) in [4.78, 5) is 4.43. The lowest BCUT2D eigenvalue weighted by Crippen LogP contribution is -1.97. The van der Waals surface area contributed by atoms with Gasteiger partial charge in [-0.05, 0) is 63.5 Å². The van der Waals surface area contributed by atoms with Gasteiger partial charge in [-0.25, -0.2) is 4.98 Å². The topological polar surface area (TPSA) is 52.0 Å². The van der Waals surface area contributed by atoms with E-state index in [1.54, 1.807) is 13.3 Å². The molecule has 1 N–H and O–H groups in total. The lowest BCUT2D eigenvalue weighted by atomic mass is 10.1. The van der Waals surface area contributed by atoms with Gasteiger partial charge in [0.25, 0.3) is 0 Å². The summed E-state index contributed by atoms with van der Waals surface area (Å²) in [5.41, 5.74) is 4.17. The van der Waals surface area contributed by atoms with Gasteiger partial charge in [0.15, 0.2) is 5.75 Å². The van der Waals surface area contributed by atoms with Crippen molar-refractivity contribution in [1.82, 2.24) is 14.8 Å². The van der Waals surface area contributed by atoms with Crippen LogP contribution in [0, 0.1) is 0 Å². The number of anilines is 2. The van der Waals surface area contributed by atoms with Crippen LogP contribution in [0.1, 0.15) is 0 Å². The van der Waals surface area contributed by atoms with Gasteiger partial charge in [-0.15, -0.1) is 0 Å². The number of nitrogens with one attached hydrogen (secondary N) is 1. The summed E-state index contributed by atoms with van der Waals surface area (Å²) in [6, 6.07) is 16.2. The number of aryl methyl sites for hydroxylation is 1. The van der Waals surface area contributed by atoms with Crippen molar-refractivity contribution in [3.63, 3.8) is 0 Å². The van der Waals surface area contributed by atoms with E-state index in [0.29, 0.717) is 0 Å². The molecule has 0 atom stereocenters. The molecule has 2 aromatic carbocycles. The average Bonchev–Trinajstić information content (AvgIpc) is 3.03. The minimum absolute atomic E-state index is 0.747. The molecule has 0 aliphatic rings. The fourth-order valence-electron chi connectivity index (χ4n) is 2.97. The largest absolute Gasteiger partial charge is 0.493 e. The third-order valence-corrected chi connectivity index (χ3v) is 4.90. The second kappa shape index (κ2) is 6.80. The van der Waals surface area contributed by atoms with Gasteiger partial charge in [-0.3, -0.25) is 4.68 Å². The molecule has 130 valence electrons. The molecule has 4 rings (SSSR count). The van der Waals surface area contributed by atoms with E-state index in [1.165, 1.54) is 0 Å². The van der Waals surface area contributed by atoms with Crippen molar-refractivity contribution in [3.05, 3.63) is 65.4 Å². The van der Waals surface area contributed by atoms with Crippen molar-refractivity contribution in [2.24, 2.45) is 7.05 Å². The Labute approximate surface area is 159 Å². The fourth-order valence-corrected chi connectivity index (χ4v) is 3.50. The molecule has 4 aromatic rings. The second-order valence-electron chi connectivity index (χ2n) is 5.92. The normalized spacial score (nSPS) is 10.9. The number of benzene rings is 2. The first-order valence-electron chi connectivity index (χ1n) is 8.13. The highest BCUT2D eigenvalue weighted by Gasteiger charge is 2.09. The van der Waals surface area contributed by atoms with E-state index in [0.717, 1.165) is 43.8 Å². The molecule has 0 unspecified atom stereocenters. The molecule has 5 nitrogen and oxygen atoms in total. The van der Waals surface area contributed by atoms with Gasteiger partial charge in [0.05, 0.1) is 29.0 Å². The number of pyridine rings is 1. The Bertz CT molecular complexity index is 1090. The van der Waals surface area contributed by atoms with Gasteiger partial charge >= 0.3 is 0 Å². The maximum Gasteiger partial charge on any atom is 0.156 e. The van der Waals surface area contributed by atoms with Gasteiger partial charge in [0.1, 0.15) is 5.82 Å². The van der Waals surface area contributed by atoms with Crippen LogP contribution < -0.4 is 10.1 Å². The lowest BCUT2D eigenvalue weighted by molar-refractivity contribution is 0.414. The zero-order valence-electron chi connectivity index (χ0n) is 14.4. The molecule has 6 heteroatoms. The van der Waals surface area contributed by atoms with Crippen LogP contribution in [0.15, 0.2) is 65.4 Å². The molecule has 0 saturated heterocycles. The van der Waals surface area contributed by atoms with Crippen molar-refractivity contribution in [2.75, 3.05) is 12.4 Å². The molecule has 0 fully saturated rings. The number of para-hydroxylation sites is 1. The molecule has 0 aliphatic heterocycles. The molecule has 0 amide bonds. The van der Waals surface area contributed by atoms with Crippen LogP contribution in [0.4, 0.5) is 11.5 Å². The number of methoxy groups -OCH3 is 1. The number of halogens is 1. The van der Waals surface area contributed by atoms with Gasteiger partial charge < -0.3 is 10.1 Å². The third kappa shape index (κ3) is 3.04. The number of hydrogen-bond donors (Lipinski definition) is 1. The summed E-state index contributed by atoms with van der Waals surface area (Å²) in [5.74, 6) is 1.50. The van der Waals surface area contributed by atoms with Crippen molar-refractivity contribution < 1.29 is 4.74 Å².